The van der Waals surface area contributed by atoms with Crippen molar-refractivity contribution < 1.29 is 14.3 Å². The summed E-state index contributed by atoms with van der Waals surface area (Å²) in [6.45, 7) is 2.55. The standard InChI is InChI=1S/C20H17Cl3N2O3S/c1-3-25-19(26)16(24-20(25)29)7-11-4-5-17(27-2)12(6-11)10-28-18-9-14(22)13(21)8-15(18)23/h4-9H,3,10H2,1-2H3,(H,24,29)/b16-7+. The second-order valence-corrected chi connectivity index (χ2v) is 7.70. The van der Waals surface area contributed by atoms with Gasteiger partial charge >= 0.3 is 0 Å². The van der Waals surface area contributed by atoms with Gasteiger partial charge in [-0.15, -0.1) is 0 Å². The monoisotopic (exact) mass is 470 g/mol. The van der Waals surface area contributed by atoms with E-state index in [-0.39, 0.29) is 12.5 Å². The van der Waals surface area contributed by atoms with Crippen molar-refractivity contribution in [2.45, 2.75) is 13.5 Å². The molecule has 0 aliphatic carbocycles. The van der Waals surface area contributed by atoms with E-state index in [1.807, 2.05) is 19.1 Å². The first-order chi connectivity index (χ1) is 13.8. The lowest BCUT2D eigenvalue weighted by atomic mass is 10.1. The summed E-state index contributed by atoms with van der Waals surface area (Å²) in [5, 5.41) is 4.39. The zero-order valence-electron chi connectivity index (χ0n) is 15.6. The fourth-order valence-corrected chi connectivity index (χ4v) is 3.71. The van der Waals surface area contributed by atoms with Crippen molar-refractivity contribution in [3.05, 3.63) is 62.2 Å². The quantitative estimate of drug-likeness (QED) is 0.351. The molecule has 1 amide bonds. The Labute approximate surface area is 189 Å². The number of amides is 1. The predicted molar refractivity (Wildman–Crippen MR) is 120 cm³/mol. The summed E-state index contributed by atoms with van der Waals surface area (Å²) in [4.78, 5) is 13.9. The molecular formula is C20H17Cl3N2O3S. The number of likely N-dealkylation sites (N-methyl/N-ethyl adjacent to an activating group) is 1. The number of rotatable bonds is 6. The van der Waals surface area contributed by atoms with Crippen molar-refractivity contribution in [2.24, 2.45) is 0 Å². The van der Waals surface area contributed by atoms with Gasteiger partial charge in [0.2, 0.25) is 0 Å². The van der Waals surface area contributed by atoms with Crippen molar-refractivity contribution in [2.75, 3.05) is 13.7 Å². The number of ether oxygens (including phenoxy) is 2. The summed E-state index contributed by atoms with van der Waals surface area (Å²) >= 11 is 23.3. The van der Waals surface area contributed by atoms with Crippen molar-refractivity contribution in [3.63, 3.8) is 0 Å². The Bertz CT molecular complexity index is 1010. The molecule has 1 fully saturated rings. The first-order valence-electron chi connectivity index (χ1n) is 8.62. The molecule has 0 bridgehead atoms. The van der Waals surface area contributed by atoms with Crippen LogP contribution in [-0.4, -0.2) is 29.6 Å². The maximum atomic E-state index is 12.4. The van der Waals surface area contributed by atoms with Crippen molar-refractivity contribution in [1.29, 1.82) is 0 Å². The van der Waals surface area contributed by atoms with E-state index in [1.165, 1.54) is 11.0 Å². The highest BCUT2D eigenvalue weighted by Gasteiger charge is 2.29. The van der Waals surface area contributed by atoms with E-state index < -0.39 is 0 Å². The summed E-state index contributed by atoms with van der Waals surface area (Å²) in [5.41, 5.74) is 1.98. The molecule has 1 heterocycles. The van der Waals surface area contributed by atoms with Gasteiger partial charge in [-0.25, -0.2) is 0 Å². The van der Waals surface area contributed by atoms with Gasteiger partial charge in [-0.2, -0.15) is 0 Å². The Morgan fingerprint density at radius 3 is 2.48 bits per heavy atom. The number of nitrogens with one attached hydrogen (secondary N) is 1. The summed E-state index contributed by atoms with van der Waals surface area (Å²) < 4.78 is 11.2. The fraction of sp³-hybridized carbons (Fsp3) is 0.200. The van der Waals surface area contributed by atoms with Gasteiger partial charge < -0.3 is 14.8 Å². The molecule has 0 radical (unpaired) electrons. The molecule has 9 heteroatoms. The third kappa shape index (κ3) is 4.78. The van der Waals surface area contributed by atoms with Crippen LogP contribution < -0.4 is 14.8 Å². The van der Waals surface area contributed by atoms with Gasteiger partial charge in [0.1, 0.15) is 23.8 Å². The van der Waals surface area contributed by atoms with Gasteiger partial charge in [0, 0.05) is 18.2 Å². The summed E-state index contributed by atoms with van der Waals surface area (Å²) in [6, 6.07) is 8.60. The Kier molecular flexibility index (Phi) is 6.90. The predicted octanol–water partition coefficient (Wildman–Crippen LogP) is 5.31. The van der Waals surface area contributed by atoms with E-state index in [1.54, 1.807) is 25.3 Å². The molecule has 0 spiro atoms. The number of benzene rings is 2. The molecule has 29 heavy (non-hydrogen) atoms. The largest absolute Gasteiger partial charge is 0.496 e. The molecule has 5 nitrogen and oxygen atoms in total. The van der Waals surface area contributed by atoms with Gasteiger partial charge in [0.05, 0.1) is 22.2 Å². The van der Waals surface area contributed by atoms with Crippen LogP contribution in [0.25, 0.3) is 6.08 Å². The topological polar surface area (TPSA) is 50.8 Å². The zero-order chi connectivity index (χ0) is 21.1. The van der Waals surface area contributed by atoms with Crippen LogP contribution in [0.5, 0.6) is 11.5 Å². The lowest BCUT2D eigenvalue weighted by molar-refractivity contribution is -0.122. The van der Waals surface area contributed by atoms with E-state index in [0.717, 1.165) is 11.1 Å². The molecule has 0 aromatic heterocycles. The number of methoxy groups -OCH3 is 1. The van der Waals surface area contributed by atoms with Crippen LogP contribution >= 0.6 is 47.0 Å². The first kappa shape index (κ1) is 21.7. The van der Waals surface area contributed by atoms with Crippen LogP contribution in [0, 0.1) is 0 Å². The van der Waals surface area contributed by atoms with E-state index in [4.69, 9.17) is 56.5 Å². The van der Waals surface area contributed by atoms with Gasteiger partial charge in [-0.3, -0.25) is 9.69 Å². The Hall–Kier alpha value is -1.99. The number of carbonyl (C=O) groups excluding carboxylic acids is 1. The third-order valence-electron chi connectivity index (χ3n) is 4.25. The molecule has 1 aliphatic rings. The van der Waals surface area contributed by atoms with E-state index in [2.05, 4.69) is 5.32 Å². The smallest absolute Gasteiger partial charge is 0.276 e. The zero-order valence-corrected chi connectivity index (χ0v) is 18.7. The lowest BCUT2D eigenvalue weighted by Crippen LogP contribution is -2.30. The number of carbonyl (C=O) groups is 1. The summed E-state index contributed by atoms with van der Waals surface area (Å²) in [5.74, 6) is 0.886. The molecule has 0 unspecified atom stereocenters. The molecule has 3 rings (SSSR count). The number of nitrogens with zero attached hydrogens (tertiary/aromatic N) is 1. The van der Waals surface area contributed by atoms with E-state index in [0.29, 0.717) is 43.9 Å². The number of thiocarbonyl (C=S) groups is 1. The lowest BCUT2D eigenvalue weighted by Gasteiger charge is -2.13. The summed E-state index contributed by atoms with van der Waals surface area (Å²) in [7, 11) is 1.57. The van der Waals surface area contributed by atoms with Gasteiger partial charge in [0.15, 0.2) is 5.11 Å². The first-order valence-corrected chi connectivity index (χ1v) is 10.2. The molecule has 0 atom stereocenters. The van der Waals surface area contributed by atoms with Crippen molar-refractivity contribution in [1.82, 2.24) is 10.2 Å². The molecular weight excluding hydrogens is 455 g/mol. The molecule has 2 aromatic rings. The van der Waals surface area contributed by atoms with Crippen LogP contribution in [0.3, 0.4) is 0 Å². The Morgan fingerprint density at radius 1 is 1.10 bits per heavy atom. The number of hydrogen-bond acceptors (Lipinski definition) is 4. The molecule has 0 saturated carbocycles. The molecule has 1 saturated heterocycles. The molecule has 1 N–H and O–H groups in total. The highest BCUT2D eigenvalue weighted by Crippen LogP contribution is 2.35. The van der Waals surface area contributed by atoms with Gasteiger partial charge in [-0.1, -0.05) is 40.9 Å². The maximum Gasteiger partial charge on any atom is 0.276 e. The average molecular weight is 472 g/mol. The highest BCUT2D eigenvalue weighted by molar-refractivity contribution is 7.80. The van der Waals surface area contributed by atoms with Crippen LogP contribution in [0.2, 0.25) is 15.1 Å². The minimum Gasteiger partial charge on any atom is -0.496 e. The number of halogens is 3. The molecule has 1 aliphatic heterocycles. The normalized spacial score (nSPS) is 15.1. The van der Waals surface area contributed by atoms with Crippen LogP contribution in [0.1, 0.15) is 18.1 Å². The minimum absolute atomic E-state index is 0.159. The van der Waals surface area contributed by atoms with Crippen molar-refractivity contribution >= 4 is 64.1 Å². The van der Waals surface area contributed by atoms with Gasteiger partial charge in [-0.05, 0) is 49.0 Å². The number of hydrogen-bond donors (Lipinski definition) is 1. The average Bonchev–Trinajstić information content (AvgIpc) is 2.96. The molecule has 152 valence electrons. The Morgan fingerprint density at radius 2 is 1.83 bits per heavy atom. The second kappa shape index (κ2) is 9.22. The van der Waals surface area contributed by atoms with E-state index in [9.17, 15) is 4.79 Å². The van der Waals surface area contributed by atoms with Crippen LogP contribution in [-0.2, 0) is 11.4 Å². The highest BCUT2D eigenvalue weighted by atomic mass is 35.5. The fourth-order valence-electron chi connectivity index (χ4n) is 2.80. The summed E-state index contributed by atoms with van der Waals surface area (Å²) in [6.07, 6.45) is 1.74. The molecule has 2 aromatic carbocycles. The second-order valence-electron chi connectivity index (χ2n) is 6.09. The van der Waals surface area contributed by atoms with Gasteiger partial charge in [0.25, 0.3) is 5.91 Å². The van der Waals surface area contributed by atoms with Crippen molar-refractivity contribution in [3.8, 4) is 11.5 Å². The van der Waals surface area contributed by atoms with E-state index >= 15 is 0 Å². The third-order valence-corrected chi connectivity index (χ3v) is 5.59. The minimum atomic E-state index is -0.159. The SMILES string of the molecule is CCN1C(=O)/C(=C\c2ccc(OC)c(COc3cc(Cl)c(Cl)cc3Cl)c2)NC1=S. The van der Waals surface area contributed by atoms with Crippen LogP contribution in [0.4, 0.5) is 0 Å². The Balaban J connectivity index is 1.85. The maximum absolute atomic E-state index is 12.4. The van der Waals surface area contributed by atoms with Crippen LogP contribution in [0.15, 0.2) is 36.0 Å².